The minimum atomic E-state index is 0.0148. The normalized spacial score (nSPS) is 19.5. The Kier molecular flexibility index (Phi) is 3.19. The molecule has 2 heteroatoms. The third kappa shape index (κ3) is 2.19. The van der Waals surface area contributed by atoms with Gasteiger partial charge in [-0.3, -0.25) is 0 Å². The zero-order valence-electron chi connectivity index (χ0n) is 10.2. The van der Waals surface area contributed by atoms with Gasteiger partial charge < -0.3 is 5.73 Å². The number of nitrogens with two attached hydrogens (primary N) is 1. The van der Waals surface area contributed by atoms with Crippen molar-refractivity contribution in [2.24, 2.45) is 11.1 Å². The van der Waals surface area contributed by atoms with Gasteiger partial charge in [0.05, 0.1) is 5.57 Å². The number of allylic oxidation sites excluding steroid dienone is 2. The van der Waals surface area contributed by atoms with E-state index >= 15 is 0 Å². The van der Waals surface area contributed by atoms with Crippen LogP contribution in [0.4, 0.5) is 0 Å². The molecule has 2 rings (SSSR count). The van der Waals surface area contributed by atoms with Crippen molar-refractivity contribution in [3.63, 3.8) is 0 Å². The minimum absolute atomic E-state index is 0.0148. The monoisotopic (exact) mass is 226 g/mol. The zero-order valence-corrected chi connectivity index (χ0v) is 10.2. The second kappa shape index (κ2) is 4.63. The van der Waals surface area contributed by atoms with E-state index in [2.05, 4.69) is 13.0 Å². The summed E-state index contributed by atoms with van der Waals surface area (Å²) >= 11 is 0. The topological polar surface area (TPSA) is 49.8 Å². The lowest BCUT2D eigenvalue weighted by Gasteiger charge is -2.25. The van der Waals surface area contributed by atoms with E-state index in [1.807, 2.05) is 30.3 Å². The molecule has 0 radical (unpaired) electrons. The van der Waals surface area contributed by atoms with Crippen molar-refractivity contribution in [3.05, 3.63) is 41.6 Å². The standard InChI is InChI=1S/C15H18N2/c1-15(9-5-6-10-15)14(17)13(11-16)12-7-3-2-4-8-12/h2-4,7-8H,5-6,9-10,17H2,1H3/b14-13+. The van der Waals surface area contributed by atoms with Crippen LogP contribution in [0.5, 0.6) is 0 Å². The van der Waals surface area contributed by atoms with E-state index in [1.54, 1.807) is 0 Å². The van der Waals surface area contributed by atoms with Crippen LogP contribution in [0.3, 0.4) is 0 Å². The molecule has 1 aliphatic rings. The van der Waals surface area contributed by atoms with Crippen molar-refractivity contribution < 1.29 is 0 Å². The van der Waals surface area contributed by atoms with Gasteiger partial charge in [0.15, 0.2) is 0 Å². The molecule has 0 heterocycles. The highest BCUT2D eigenvalue weighted by Crippen LogP contribution is 2.43. The number of nitriles is 1. The molecule has 0 amide bonds. The largest absolute Gasteiger partial charge is 0.401 e. The molecule has 1 aromatic carbocycles. The van der Waals surface area contributed by atoms with E-state index in [0.29, 0.717) is 5.57 Å². The number of nitrogens with zero attached hydrogens (tertiary/aromatic N) is 1. The van der Waals surface area contributed by atoms with E-state index < -0.39 is 0 Å². The fraction of sp³-hybridized carbons (Fsp3) is 0.400. The Bertz CT molecular complexity index is 459. The molecule has 88 valence electrons. The van der Waals surface area contributed by atoms with Crippen LogP contribution in [0.1, 0.15) is 38.2 Å². The quantitative estimate of drug-likeness (QED) is 0.785. The first kappa shape index (κ1) is 11.7. The number of rotatable bonds is 2. The Balaban J connectivity index is 2.44. The number of benzene rings is 1. The van der Waals surface area contributed by atoms with Crippen molar-refractivity contribution in [2.75, 3.05) is 0 Å². The highest BCUT2D eigenvalue weighted by molar-refractivity contribution is 5.79. The maximum Gasteiger partial charge on any atom is 0.102 e. The Morgan fingerprint density at radius 1 is 1.24 bits per heavy atom. The van der Waals surface area contributed by atoms with Gasteiger partial charge in [0.2, 0.25) is 0 Å². The Morgan fingerprint density at radius 3 is 2.35 bits per heavy atom. The van der Waals surface area contributed by atoms with E-state index in [9.17, 15) is 5.26 Å². The van der Waals surface area contributed by atoms with Gasteiger partial charge in [-0.2, -0.15) is 5.26 Å². The lowest BCUT2D eigenvalue weighted by molar-refractivity contribution is 0.411. The van der Waals surface area contributed by atoms with Gasteiger partial charge in [0.25, 0.3) is 0 Å². The molecule has 0 aromatic heterocycles. The molecule has 1 fully saturated rings. The van der Waals surface area contributed by atoms with Gasteiger partial charge in [-0.05, 0) is 18.4 Å². The van der Waals surface area contributed by atoms with Gasteiger partial charge >= 0.3 is 0 Å². The van der Waals surface area contributed by atoms with Crippen LogP contribution in [-0.4, -0.2) is 0 Å². The van der Waals surface area contributed by atoms with E-state index in [0.717, 1.165) is 24.1 Å². The lowest BCUT2D eigenvalue weighted by Crippen LogP contribution is -2.22. The molecule has 1 aromatic rings. The second-order valence-electron chi connectivity index (χ2n) is 5.03. The molecule has 1 aliphatic carbocycles. The fourth-order valence-corrected chi connectivity index (χ4v) is 2.61. The number of hydrogen-bond donors (Lipinski definition) is 1. The van der Waals surface area contributed by atoms with Gasteiger partial charge in [0.1, 0.15) is 6.07 Å². The molecule has 0 atom stereocenters. The SMILES string of the molecule is CC1(/C(N)=C(/C#N)c2ccccc2)CCCC1. The zero-order chi connectivity index (χ0) is 12.3. The van der Waals surface area contributed by atoms with Crippen molar-refractivity contribution in [1.29, 1.82) is 5.26 Å². The highest BCUT2D eigenvalue weighted by atomic mass is 14.7. The third-order valence-corrected chi connectivity index (χ3v) is 3.80. The van der Waals surface area contributed by atoms with Crippen LogP contribution in [0.2, 0.25) is 0 Å². The average molecular weight is 226 g/mol. The fourth-order valence-electron chi connectivity index (χ4n) is 2.61. The van der Waals surface area contributed by atoms with Gasteiger partial charge in [-0.15, -0.1) is 0 Å². The Morgan fingerprint density at radius 2 is 1.82 bits per heavy atom. The first-order valence-electron chi connectivity index (χ1n) is 6.13. The second-order valence-corrected chi connectivity index (χ2v) is 5.03. The van der Waals surface area contributed by atoms with E-state index in [4.69, 9.17) is 5.73 Å². The minimum Gasteiger partial charge on any atom is -0.401 e. The van der Waals surface area contributed by atoms with Crippen molar-refractivity contribution in [2.45, 2.75) is 32.6 Å². The summed E-state index contributed by atoms with van der Waals surface area (Å²) in [6.45, 7) is 2.18. The highest BCUT2D eigenvalue weighted by Gasteiger charge is 2.33. The van der Waals surface area contributed by atoms with Crippen LogP contribution in [0.25, 0.3) is 5.57 Å². The summed E-state index contributed by atoms with van der Waals surface area (Å²) in [5.74, 6) is 0. The summed E-state index contributed by atoms with van der Waals surface area (Å²) in [5, 5.41) is 9.34. The molecule has 2 nitrogen and oxygen atoms in total. The molecule has 17 heavy (non-hydrogen) atoms. The molecule has 0 saturated heterocycles. The van der Waals surface area contributed by atoms with Crippen LogP contribution in [-0.2, 0) is 0 Å². The maximum atomic E-state index is 9.34. The Hall–Kier alpha value is -1.75. The van der Waals surface area contributed by atoms with E-state index in [1.165, 1.54) is 12.8 Å². The first-order valence-corrected chi connectivity index (χ1v) is 6.13. The van der Waals surface area contributed by atoms with Crippen molar-refractivity contribution >= 4 is 5.57 Å². The summed E-state index contributed by atoms with van der Waals surface area (Å²) in [4.78, 5) is 0. The lowest BCUT2D eigenvalue weighted by atomic mass is 9.82. The summed E-state index contributed by atoms with van der Waals surface area (Å²) in [6, 6.07) is 12.0. The first-order chi connectivity index (χ1) is 8.17. The van der Waals surface area contributed by atoms with Crippen LogP contribution >= 0.6 is 0 Å². The smallest absolute Gasteiger partial charge is 0.102 e. The van der Waals surface area contributed by atoms with Crippen LogP contribution in [0, 0.1) is 16.7 Å². The Labute approximate surface area is 103 Å². The molecule has 1 saturated carbocycles. The van der Waals surface area contributed by atoms with Gasteiger partial charge in [0, 0.05) is 11.1 Å². The molecular weight excluding hydrogens is 208 g/mol. The van der Waals surface area contributed by atoms with Crippen LogP contribution in [0.15, 0.2) is 36.0 Å². The molecule has 0 spiro atoms. The van der Waals surface area contributed by atoms with E-state index in [-0.39, 0.29) is 5.41 Å². The van der Waals surface area contributed by atoms with Crippen molar-refractivity contribution in [1.82, 2.24) is 0 Å². The third-order valence-electron chi connectivity index (χ3n) is 3.80. The van der Waals surface area contributed by atoms with Crippen molar-refractivity contribution in [3.8, 4) is 6.07 Å². The maximum absolute atomic E-state index is 9.34. The molecule has 0 unspecified atom stereocenters. The van der Waals surface area contributed by atoms with Crippen LogP contribution < -0.4 is 5.73 Å². The summed E-state index contributed by atoms with van der Waals surface area (Å²) in [6.07, 6.45) is 4.61. The summed E-state index contributed by atoms with van der Waals surface area (Å²) in [7, 11) is 0. The molecule has 0 aliphatic heterocycles. The summed E-state index contributed by atoms with van der Waals surface area (Å²) < 4.78 is 0. The number of hydrogen-bond acceptors (Lipinski definition) is 2. The predicted molar refractivity (Wildman–Crippen MR) is 69.7 cm³/mol. The summed E-state index contributed by atoms with van der Waals surface area (Å²) in [5.41, 5.74) is 8.62. The van der Waals surface area contributed by atoms with Gasteiger partial charge in [-0.1, -0.05) is 50.1 Å². The molecular formula is C15H18N2. The van der Waals surface area contributed by atoms with Gasteiger partial charge in [-0.25, -0.2) is 0 Å². The average Bonchev–Trinajstić information content (AvgIpc) is 2.80. The molecule has 0 bridgehead atoms. The molecule has 2 N–H and O–H groups in total. The predicted octanol–water partition coefficient (Wildman–Crippen LogP) is 3.46.